The highest BCUT2D eigenvalue weighted by Crippen LogP contribution is 2.41. The van der Waals surface area contributed by atoms with E-state index >= 15 is 0 Å². The van der Waals surface area contributed by atoms with Crippen LogP contribution in [0.25, 0.3) is 16.5 Å². The average Bonchev–Trinajstić information content (AvgIpc) is 3.45. The molecule has 1 aromatic heterocycles. The van der Waals surface area contributed by atoms with Gasteiger partial charge in [-0.25, -0.2) is 0 Å². The minimum Gasteiger partial charge on any atom is -0.493 e. The van der Waals surface area contributed by atoms with E-state index in [2.05, 4.69) is 58.2 Å². The largest absolute Gasteiger partial charge is 0.493 e. The number of benzene rings is 2. The van der Waals surface area contributed by atoms with E-state index in [-0.39, 0.29) is 12.0 Å². The highest BCUT2D eigenvalue weighted by atomic mass is 16.6. The third-order valence-corrected chi connectivity index (χ3v) is 7.24. The van der Waals surface area contributed by atoms with Crippen molar-refractivity contribution >= 4 is 22.2 Å². The number of hydrogen-bond donors (Lipinski definition) is 0. The third kappa shape index (κ3) is 3.42. The summed E-state index contributed by atoms with van der Waals surface area (Å²) in [6.45, 7) is 3.28. The molecular weight excluding hydrogens is 430 g/mol. The number of rotatable bonds is 5. The number of para-hydroxylation sites is 1. The summed E-state index contributed by atoms with van der Waals surface area (Å²) in [6.07, 6.45) is 5.62. The van der Waals surface area contributed by atoms with E-state index < -0.39 is 0 Å². The number of aromatic nitrogens is 1. The van der Waals surface area contributed by atoms with Crippen molar-refractivity contribution in [3.8, 4) is 17.2 Å². The molecule has 0 amide bonds. The molecule has 4 heterocycles. The van der Waals surface area contributed by atoms with E-state index in [4.69, 9.17) is 19.0 Å². The van der Waals surface area contributed by atoms with Crippen LogP contribution in [-0.4, -0.2) is 61.7 Å². The number of aryl methyl sites for hydroxylation is 1. The minimum atomic E-state index is -0.0243. The first-order chi connectivity index (χ1) is 16.7. The molecule has 0 N–H and O–H groups in total. The van der Waals surface area contributed by atoms with Crippen LogP contribution in [0.1, 0.15) is 17.5 Å². The fourth-order valence-electron chi connectivity index (χ4n) is 5.37. The van der Waals surface area contributed by atoms with Gasteiger partial charge in [-0.05, 0) is 24.1 Å². The molecule has 6 rings (SSSR count). The standard InChI is InChI=1S/C27H29N3O4/c1-29-14-20(18-6-4-5-7-22(18)29)17-8-10-30(11-9-17)15-26-21-16-33-23-13-25(32-3)24(31-2)12-19(23)27(21)28-34-26/h4-8,12-14,21,26H,9-11,15-16H2,1-3H3. The Kier molecular flexibility index (Phi) is 5.21. The maximum atomic E-state index is 6.09. The van der Waals surface area contributed by atoms with Gasteiger partial charge in [0.05, 0.1) is 20.1 Å². The van der Waals surface area contributed by atoms with Crippen LogP contribution in [-0.2, 0) is 11.9 Å². The first kappa shape index (κ1) is 21.1. The van der Waals surface area contributed by atoms with Crippen molar-refractivity contribution in [1.82, 2.24) is 9.47 Å². The molecule has 176 valence electrons. The summed E-state index contributed by atoms with van der Waals surface area (Å²) in [5.41, 5.74) is 5.91. The number of oxime groups is 1. The second-order valence-corrected chi connectivity index (χ2v) is 9.15. The van der Waals surface area contributed by atoms with E-state index in [1.54, 1.807) is 14.2 Å². The average molecular weight is 460 g/mol. The predicted octanol–water partition coefficient (Wildman–Crippen LogP) is 4.10. The maximum Gasteiger partial charge on any atom is 0.164 e. The molecule has 0 radical (unpaired) electrons. The highest BCUT2D eigenvalue weighted by Gasteiger charge is 2.41. The van der Waals surface area contributed by atoms with Gasteiger partial charge in [0, 0.05) is 61.0 Å². The number of ether oxygens (including phenoxy) is 3. The summed E-state index contributed by atoms with van der Waals surface area (Å²) < 4.78 is 19.2. The van der Waals surface area contributed by atoms with E-state index in [0.717, 1.165) is 43.1 Å². The monoisotopic (exact) mass is 459 g/mol. The van der Waals surface area contributed by atoms with Crippen LogP contribution in [0.15, 0.2) is 53.8 Å². The zero-order chi connectivity index (χ0) is 23.2. The molecular formula is C27H29N3O4. The van der Waals surface area contributed by atoms with E-state index in [9.17, 15) is 0 Å². The van der Waals surface area contributed by atoms with Crippen molar-refractivity contribution in [1.29, 1.82) is 0 Å². The Morgan fingerprint density at radius 3 is 2.71 bits per heavy atom. The van der Waals surface area contributed by atoms with Crippen LogP contribution in [0.4, 0.5) is 0 Å². The summed E-state index contributed by atoms with van der Waals surface area (Å²) in [5, 5.41) is 5.80. The molecule has 34 heavy (non-hydrogen) atoms. The molecule has 2 aromatic carbocycles. The second-order valence-electron chi connectivity index (χ2n) is 9.15. The smallest absolute Gasteiger partial charge is 0.164 e. The Morgan fingerprint density at radius 2 is 1.91 bits per heavy atom. The van der Waals surface area contributed by atoms with Crippen molar-refractivity contribution in [3.63, 3.8) is 0 Å². The Balaban J connectivity index is 1.16. The quantitative estimate of drug-likeness (QED) is 0.575. The van der Waals surface area contributed by atoms with Crippen LogP contribution in [0, 0.1) is 5.92 Å². The second kappa shape index (κ2) is 8.40. The van der Waals surface area contributed by atoms with Gasteiger partial charge in [-0.15, -0.1) is 0 Å². The summed E-state index contributed by atoms with van der Waals surface area (Å²) >= 11 is 0. The van der Waals surface area contributed by atoms with Gasteiger partial charge in [-0.1, -0.05) is 29.4 Å². The van der Waals surface area contributed by atoms with Crippen molar-refractivity contribution in [2.75, 3.05) is 40.5 Å². The predicted molar refractivity (Wildman–Crippen MR) is 132 cm³/mol. The van der Waals surface area contributed by atoms with Crippen LogP contribution < -0.4 is 14.2 Å². The summed E-state index contributed by atoms with van der Waals surface area (Å²) in [4.78, 5) is 8.38. The van der Waals surface area contributed by atoms with Gasteiger partial charge >= 0.3 is 0 Å². The molecule has 7 heteroatoms. The molecule has 3 aromatic rings. The molecule has 0 saturated carbocycles. The van der Waals surface area contributed by atoms with Crippen molar-refractivity contribution in [3.05, 3.63) is 59.8 Å². The first-order valence-electron chi connectivity index (χ1n) is 11.7. The fraction of sp³-hybridized carbons (Fsp3) is 0.370. The van der Waals surface area contributed by atoms with E-state index in [1.165, 1.54) is 22.0 Å². The topological polar surface area (TPSA) is 57.5 Å². The molecule has 3 aliphatic rings. The van der Waals surface area contributed by atoms with Gasteiger partial charge in [-0.2, -0.15) is 0 Å². The highest BCUT2D eigenvalue weighted by molar-refractivity contribution is 6.06. The van der Waals surface area contributed by atoms with Crippen LogP contribution in [0.2, 0.25) is 0 Å². The number of fused-ring (bicyclic) bond motifs is 4. The molecule has 0 aliphatic carbocycles. The third-order valence-electron chi connectivity index (χ3n) is 7.24. The van der Waals surface area contributed by atoms with Gasteiger partial charge in [0.1, 0.15) is 18.1 Å². The van der Waals surface area contributed by atoms with Gasteiger partial charge in [0.15, 0.2) is 17.6 Å². The Morgan fingerprint density at radius 1 is 1.09 bits per heavy atom. The Bertz CT molecular complexity index is 1310. The molecule has 7 nitrogen and oxygen atoms in total. The lowest BCUT2D eigenvalue weighted by Gasteiger charge is -2.31. The molecule has 0 saturated heterocycles. The zero-order valence-corrected chi connectivity index (χ0v) is 19.8. The van der Waals surface area contributed by atoms with Crippen LogP contribution in [0.5, 0.6) is 17.2 Å². The van der Waals surface area contributed by atoms with Crippen LogP contribution >= 0.6 is 0 Å². The number of nitrogens with zero attached hydrogens (tertiary/aromatic N) is 3. The van der Waals surface area contributed by atoms with Crippen molar-refractivity contribution in [2.45, 2.75) is 12.5 Å². The van der Waals surface area contributed by atoms with E-state index in [0.29, 0.717) is 18.1 Å². The molecule has 0 spiro atoms. The molecule has 2 atom stereocenters. The van der Waals surface area contributed by atoms with Crippen molar-refractivity contribution in [2.24, 2.45) is 18.1 Å². The molecule has 0 bridgehead atoms. The number of hydrogen-bond acceptors (Lipinski definition) is 6. The summed E-state index contributed by atoms with van der Waals surface area (Å²) in [6, 6.07) is 12.4. The summed E-state index contributed by atoms with van der Waals surface area (Å²) in [7, 11) is 5.38. The zero-order valence-electron chi connectivity index (χ0n) is 19.8. The lowest BCUT2D eigenvalue weighted by Crippen LogP contribution is -2.42. The van der Waals surface area contributed by atoms with Crippen molar-refractivity contribution < 1.29 is 19.0 Å². The SMILES string of the molecule is COc1cc2c(cc1OC)C1=NOC(CN3CC=C(c4cn(C)c5ccccc45)CC3)C1CO2. The minimum absolute atomic E-state index is 0.0243. The number of methoxy groups -OCH3 is 2. The molecule has 3 aliphatic heterocycles. The lowest BCUT2D eigenvalue weighted by molar-refractivity contribution is 0.0236. The van der Waals surface area contributed by atoms with Gasteiger partial charge in [0.2, 0.25) is 0 Å². The Labute approximate surface area is 199 Å². The van der Waals surface area contributed by atoms with Crippen LogP contribution in [0.3, 0.4) is 0 Å². The van der Waals surface area contributed by atoms with Gasteiger partial charge in [0.25, 0.3) is 0 Å². The maximum absolute atomic E-state index is 6.09. The molecule has 2 unspecified atom stereocenters. The normalized spacial score (nSPS) is 21.7. The fourth-order valence-corrected chi connectivity index (χ4v) is 5.37. The van der Waals surface area contributed by atoms with E-state index in [1.807, 2.05) is 12.1 Å². The van der Waals surface area contributed by atoms with Gasteiger partial charge < -0.3 is 23.6 Å². The first-order valence-corrected chi connectivity index (χ1v) is 11.7. The Hall–Kier alpha value is -3.45. The lowest BCUT2D eigenvalue weighted by atomic mass is 9.89. The summed E-state index contributed by atoms with van der Waals surface area (Å²) in [5.74, 6) is 2.18. The van der Waals surface area contributed by atoms with Gasteiger partial charge in [-0.3, -0.25) is 4.90 Å². The molecule has 0 fully saturated rings.